The minimum absolute atomic E-state index is 0.221. The highest BCUT2D eigenvalue weighted by Gasteiger charge is 2.25. The minimum Gasteiger partial charge on any atom is -0.459 e. The van der Waals surface area contributed by atoms with Crippen molar-refractivity contribution in [1.82, 2.24) is 10.3 Å². The normalized spacial score (nSPS) is 18.6. The molecule has 0 radical (unpaired) electrons. The summed E-state index contributed by atoms with van der Waals surface area (Å²) in [6.07, 6.45) is 6.96. The van der Waals surface area contributed by atoms with Crippen molar-refractivity contribution < 1.29 is 13.9 Å². The molecule has 156 valence electrons. The molecular formula is C22H21Cl2N3O3. The molecule has 2 heterocycles. The molecule has 1 fully saturated rings. The summed E-state index contributed by atoms with van der Waals surface area (Å²) in [5, 5.41) is 5.38. The monoisotopic (exact) mass is 445 g/mol. The number of halogens is 2. The Morgan fingerprint density at radius 3 is 2.73 bits per heavy atom. The summed E-state index contributed by atoms with van der Waals surface area (Å²) in [5.74, 6) is -0.162. The fourth-order valence-corrected chi connectivity index (χ4v) is 4.07. The SMILES string of the molecule is O=C(N/N=C/C1=C(N2CCOCC2)C(=C\c2ccc(Cl)cc2Cl)/CC1)c1ccco1. The van der Waals surface area contributed by atoms with Crippen LogP contribution in [0.2, 0.25) is 10.0 Å². The maximum atomic E-state index is 12.0. The molecule has 2 aromatic rings. The van der Waals surface area contributed by atoms with Crippen LogP contribution in [0.1, 0.15) is 29.0 Å². The summed E-state index contributed by atoms with van der Waals surface area (Å²) < 4.78 is 10.6. The molecule has 0 spiro atoms. The molecule has 0 unspecified atom stereocenters. The van der Waals surface area contributed by atoms with E-state index in [0.29, 0.717) is 23.3 Å². The van der Waals surface area contributed by atoms with Crippen LogP contribution < -0.4 is 5.43 Å². The third-order valence-electron chi connectivity index (χ3n) is 5.02. The zero-order valence-electron chi connectivity index (χ0n) is 16.2. The number of nitrogens with one attached hydrogen (secondary N) is 1. The van der Waals surface area contributed by atoms with Gasteiger partial charge in [0.15, 0.2) is 5.76 Å². The zero-order valence-corrected chi connectivity index (χ0v) is 17.7. The van der Waals surface area contributed by atoms with Crippen LogP contribution in [0.15, 0.2) is 63.0 Å². The van der Waals surface area contributed by atoms with Crippen LogP contribution in [0, 0.1) is 0 Å². The van der Waals surface area contributed by atoms with E-state index in [2.05, 4.69) is 21.5 Å². The average molecular weight is 446 g/mol. The van der Waals surface area contributed by atoms with E-state index in [-0.39, 0.29) is 11.7 Å². The van der Waals surface area contributed by atoms with Crippen molar-refractivity contribution in [3.05, 3.63) is 74.8 Å². The maximum Gasteiger partial charge on any atom is 0.307 e. The molecule has 0 bridgehead atoms. The third kappa shape index (κ3) is 4.78. The lowest BCUT2D eigenvalue weighted by atomic mass is 10.1. The number of furan rings is 1. The van der Waals surface area contributed by atoms with E-state index in [1.165, 1.54) is 11.8 Å². The Morgan fingerprint density at radius 1 is 1.17 bits per heavy atom. The number of hydrogen-bond donors (Lipinski definition) is 1. The predicted octanol–water partition coefficient (Wildman–Crippen LogP) is 4.77. The Kier molecular flexibility index (Phi) is 6.57. The summed E-state index contributed by atoms with van der Waals surface area (Å²) >= 11 is 12.4. The largest absolute Gasteiger partial charge is 0.459 e. The third-order valence-corrected chi connectivity index (χ3v) is 5.59. The smallest absolute Gasteiger partial charge is 0.307 e. The fourth-order valence-electron chi connectivity index (χ4n) is 3.61. The van der Waals surface area contributed by atoms with Gasteiger partial charge in [-0.2, -0.15) is 5.10 Å². The zero-order chi connectivity index (χ0) is 20.9. The second-order valence-corrected chi connectivity index (χ2v) is 7.83. The van der Waals surface area contributed by atoms with Crippen LogP contribution >= 0.6 is 23.2 Å². The van der Waals surface area contributed by atoms with Crippen LogP contribution in [-0.4, -0.2) is 43.3 Å². The van der Waals surface area contributed by atoms with Crippen LogP contribution in [0.5, 0.6) is 0 Å². The number of rotatable bonds is 5. The first-order valence-electron chi connectivity index (χ1n) is 9.70. The summed E-state index contributed by atoms with van der Waals surface area (Å²) in [6, 6.07) is 8.75. The molecule has 2 aliphatic rings. The molecule has 30 heavy (non-hydrogen) atoms. The Bertz CT molecular complexity index is 1010. The molecule has 1 aliphatic heterocycles. The number of ether oxygens (including phenoxy) is 1. The minimum atomic E-state index is -0.383. The molecule has 1 saturated heterocycles. The Morgan fingerprint density at radius 2 is 2.00 bits per heavy atom. The summed E-state index contributed by atoms with van der Waals surface area (Å²) in [5.41, 5.74) is 6.81. The number of carbonyl (C=O) groups is 1. The summed E-state index contributed by atoms with van der Waals surface area (Å²) in [4.78, 5) is 14.3. The molecule has 1 aliphatic carbocycles. The maximum absolute atomic E-state index is 12.0. The van der Waals surface area contributed by atoms with E-state index >= 15 is 0 Å². The lowest BCUT2D eigenvalue weighted by Crippen LogP contribution is -2.36. The Balaban J connectivity index is 1.60. The van der Waals surface area contributed by atoms with Crippen LogP contribution in [-0.2, 0) is 4.74 Å². The number of nitrogens with zero attached hydrogens (tertiary/aromatic N) is 2. The number of carbonyl (C=O) groups excluding carboxylic acids is 1. The molecule has 6 nitrogen and oxygen atoms in total. The van der Waals surface area contributed by atoms with E-state index < -0.39 is 0 Å². The first kappa shape index (κ1) is 20.7. The quantitative estimate of drug-likeness (QED) is 0.531. The van der Waals surface area contributed by atoms with Crippen molar-refractivity contribution in [2.45, 2.75) is 12.8 Å². The Hall–Kier alpha value is -2.54. The van der Waals surface area contributed by atoms with Gasteiger partial charge in [-0.05, 0) is 59.9 Å². The predicted molar refractivity (Wildman–Crippen MR) is 118 cm³/mol. The van der Waals surface area contributed by atoms with Crippen LogP contribution in [0.4, 0.5) is 0 Å². The topological polar surface area (TPSA) is 67.1 Å². The number of benzene rings is 1. The fraction of sp³-hybridized carbons (Fsp3) is 0.273. The number of amides is 1. The van der Waals surface area contributed by atoms with Gasteiger partial charge in [-0.1, -0.05) is 29.3 Å². The first-order valence-corrected chi connectivity index (χ1v) is 10.5. The Labute approximate surface area is 184 Å². The highest BCUT2D eigenvalue weighted by Crippen LogP contribution is 2.36. The van der Waals surface area contributed by atoms with Gasteiger partial charge in [0, 0.05) is 28.8 Å². The lowest BCUT2D eigenvalue weighted by molar-refractivity contribution is 0.0548. The van der Waals surface area contributed by atoms with Crippen molar-refractivity contribution in [1.29, 1.82) is 0 Å². The second-order valence-electron chi connectivity index (χ2n) is 6.99. The molecule has 1 amide bonds. The van der Waals surface area contributed by atoms with Gasteiger partial charge >= 0.3 is 5.91 Å². The van der Waals surface area contributed by atoms with E-state index in [1.807, 2.05) is 12.1 Å². The van der Waals surface area contributed by atoms with Gasteiger partial charge < -0.3 is 14.1 Å². The van der Waals surface area contributed by atoms with Gasteiger partial charge in [0.25, 0.3) is 0 Å². The number of hydrazone groups is 1. The van der Waals surface area contributed by atoms with E-state index in [4.69, 9.17) is 32.4 Å². The van der Waals surface area contributed by atoms with Gasteiger partial charge in [-0.15, -0.1) is 0 Å². The van der Waals surface area contributed by atoms with Crippen LogP contribution in [0.3, 0.4) is 0 Å². The van der Waals surface area contributed by atoms with Crippen molar-refractivity contribution in [2.75, 3.05) is 26.3 Å². The lowest BCUT2D eigenvalue weighted by Gasteiger charge is -2.31. The molecule has 8 heteroatoms. The van der Waals surface area contributed by atoms with Crippen molar-refractivity contribution in [3.63, 3.8) is 0 Å². The average Bonchev–Trinajstić information content (AvgIpc) is 3.41. The number of allylic oxidation sites excluding steroid dienone is 2. The molecule has 1 N–H and O–H groups in total. The van der Waals surface area contributed by atoms with E-state index in [0.717, 1.165) is 42.8 Å². The first-order chi connectivity index (χ1) is 14.6. The molecule has 0 saturated carbocycles. The number of hydrogen-bond acceptors (Lipinski definition) is 5. The standard InChI is InChI=1S/C22H21Cl2N3O3/c23-18-6-5-15(19(24)13-18)12-16-3-4-17(21(16)27-7-10-29-11-8-27)14-25-26-22(28)20-2-1-9-30-20/h1-2,5-6,9,12-14H,3-4,7-8,10-11H2,(H,26,28)/b16-12-,25-14+. The van der Waals surface area contributed by atoms with E-state index in [1.54, 1.807) is 24.4 Å². The van der Waals surface area contributed by atoms with Crippen molar-refractivity contribution in [2.24, 2.45) is 5.10 Å². The van der Waals surface area contributed by atoms with Gasteiger partial charge in [-0.3, -0.25) is 4.79 Å². The highest BCUT2D eigenvalue weighted by molar-refractivity contribution is 6.35. The second kappa shape index (κ2) is 9.51. The molecule has 0 atom stereocenters. The summed E-state index contributed by atoms with van der Waals surface area (Å²) in [6.45, 7) is 2.96. The van der Waals surface area contributed by atoms with Gasteiger partial charge in [0.1, 0.15) is 0 Å². The van der Waals surface area contributed by atoms with Gasteiger partial charge in [0.05, 0.1) is 25.7 Å². The molecular weight excluding hydrogens is 425 g/mol. The summed E-state index contributed by atoms with van der Waals surface area (Å²) in [7, 11) is 0. The molecule has 1 aromatic heterocycles. The molecule has 1 aromatic carbocycles. The highest BCUT2D eigenvalue weighted by atomic mass is 35.5. The van der Waals surface area contributed by atoms with Gasteiger partial charge in [-0.25, -0.2) is 5.43 Å². The van der Waals surface area contributed by atoms with Crippen LogP contribution in [0.25, 0.3) is 6.08 Å². The van der Waals surface area contributed by atoms with Crippen molar-refractivity contribution >= 4 is 41.4 Å². The van der Waals surface area contributed by atoms with Crippen molar-refractivity contribution in [3.8, 4) is 0 Å². The number of morpholine rings is 1. The van der Waals surface area contributed by atoms with Gasteiger partial charge in [0.2, 0.25) is 0 Å². The van der Waals surface area contributed by atoms with E-state index in [9.17, 15) is 4.79 Å². The molecule has 4 rings (SSSR count).